The smallest absolute Gasteiger partial charge is 0.268 e. The fraction of sp³-hybridized carbons (Fsp3) is 0.182. The molecule has 0 amide bonds. The molecular formula is C66H58N4OPt-2. The first-order chi connectivity index (χ1) is 34.3. The Kier molecular flexibility index (Phi) is 13.0. The predicted molar refractivity (Wildman–Crippen MR) is 292 cm³/mol. The van der Waals surface area contributed by atoms with E-state index in [1.165, 1.54) is 22.3 Å². The van der Waals surface area contributed by atoms with Crippen LogP contribution in [-0.2, 0) is 38.3 Å². The number of imidazole rings is 1. The molecule has 0 fully saturated rings. The minimum atomic E-state index is -0.0275. The summed E-state index contributed by atoms with van der Waals surface area (Å²) in [6, 6.07) is 71.9. The predicted octanol–water partition coefficient (Wildman–Crippen LogP) is 16.4. The van der Waals surface area contributed by atoms with Crippen LogP contribution in [0.2, 0.25) is 0 Å². The molecule has 0 aliphatic rings. The van der Waals surface area contributed by atoms with E-state index < -0.39 is 0 Å². The summed E-state index contributed by atoms with van der Waals surface area (Å²) < 4.78 is 13.3. The van der Waals surface area contributed by atoms with Crippen molar-refractivity contribution in [1.29, 1.82) is 0 Å². The van der Waals surface area contributed by atoms with Crippen molar-refractivity contribution in [3.05, 3.63) is 223 Å². The minimum Gasteiger partial charge on any atom is -0.510 e. The largest absolute Gasteiger partial charge is 0.510 e. The van der Waals surface area contributed by atoms with Gasteiger partial charge in [0.2, 0.25) is 0 Å². The first kappa shape index (κ1) is 48.3. The topological polar surface area (TPSA) is 35.9 Å². The number of fused-ring (bicyclic) bond motifs is 4. The van der Waals surface area contributed by atoms with Gasteiger partial charge in [0.25, 0.3) is 6.33 Å². The van der Waals surface area contributed by atoms with Crippen molar-refractivity contribution in [1.82, 2.24) is 14.1 Å². The number of ether oxygens (including phenoxy) is 1. The van der Waals surface area contributed by atoms with Crippen molar-refractivity contribution in [3.8, 4) is 62.1 Å². The van der Waals surface area contributed by atoms with Crippen molar-refractivity contribution in [3.63, 3.8) is 0 Å². The number of aromatic nitrogens is 4. The van der Waals surface area contributed by atoms with E-state index in [0.29, 0.717) is 17.4 Å². The molecule has 0 saturated carbocycles. The average molecular weight is 1120 g/mol. The van der Waals surface area contributed by atoms with Crippen LogP contribution in [0.25, 0.3) is 83.4 Å². The van der Waals surface area contributed by atoms with E-state index in [0.717, 1.165) is 84.3 Å². The zero-order valence-electron chi connectivity index (χ0n) is 42.2. The van der Waals surface area contributed by atoms with E-state index in [4.69, 9.17) is 9.72 Å². The Balaban J connectivity index is 0.00000596. The summed E-state index contributed by atoms with van der Waals surface area (Å²) in [5.41, 5.74) is 16.6. The first-order valence-corrected chi connectivity index (χ1v) is 24.8. The van der Waals surface area contributed by atoms with Crippen LogP contribution in [0, 0.1) is 24.4 Å². The summed E-state index contributed by atoms with van der Waals surface area (Å²) in [4.78, 5) is 5.25. The van der Waals surface area contributed by atoms with Crippen molar-refractivity contribution >= 4 is 32.8 Å². The van der Waals surface area contributed by atoms with E-state index in [1.807, 2.05) is 18.2 Å². The Morgan fingerprint density at radius 3 is 1.83 bits per heavy atom. The third-order valence-electron chi connectivity index (χ3n) is 13.6. The minimum absolute atomic E-state index is 0. The summed E-state index contributed by atoms with van der Waals surface area (Å²) in [6.07, 6.45) is 6.77. The van der Waals surface area contributed by atoms with Crippen LogP contribution in [0.3, 0.4) is 0 Å². The molecule has 0 N–H and O–H groups in total. The molecule has 11 rings (SSSR count). The summed E-state index contributed by atoms with van der Waals surface area (Å²) in [7, 11) is 0. The third kappa shape index (κ3) is 9.23. The molecule has 3 aromatic heterocycles. The molecule has 0 aliphatic heterocycles. The molecule has 5 nitrogen and oxygen atoms in total. The van der Waals surface area contributed by atoms with Gasteiger partial charge in [0.05, 0.1) is 16.7 Å². The van der Waals surface area contributed by atoms with Crippen LogP contribution in [0.5, 0.6) is 11.5 Å². The molecule has 3 heterocycles. The second kappa shape index (κ2) is 19.4. The van der Waals surface area contributed by atoms with Crippen molar-refractivity contribution in [2.45, 2.75) is 72.6 Å². The first-order valence-electron chi connectivity index (χ1n) is 24.8. The van der Waals surface area contributed by atoms with Crippen LogP contribution >= 0.6 is 0 Å². The van der Waals surface area contributed by atoms with Gasteiger partial charge in [-0.3, -0.25) is 4.57 Å². The van der Waals surface area contributed by atoms with Crippen LogP contribution in [0.1, 0.15) is 72.1 Å². The molecule has 6 heteroatoms. The Labute approximate surface area is 438 Å². The number of benzene rings is 8. The monoisotopic (exact) mass is 1120 g/mol. The van der Waals surface area contributed by atoms with Gasteiger partial charge in [0.15, 0.2) is 0 Å². The molecule has 0 atom stereocenters. The molecule has 0 aliphatic carbocycles. The van der Waals surface area contributed by atoms with Crippen LogP contribution < -0.4 is 9.30 Å². The zero-order valence-corrected chi connectivity index (χ0v) is 44.5. The van der Waals surface area contributed by atoms with Gasteiger partial charge in [-0.2, -0.15) is 18.2 Å². The number of nitrogens with zero attached hydrogens (tertiary/aromatic N) is 4. The second-order valence-corrected chi connectivity index (χ2v) is 21.2. The quantitative estimate of drug-likeness (QED) is 0.101. The SMILES string of the molecule is CC(C)Cc1cc(-n2c3[c-]c(Oc4[c-]c(-n5[c-][n+](-c6c(-c7ccccc7)cccc6-c6ccccc6)c6ccccc65)ccc4)ccc3c3cc(C(C)(C)C)ccc32)ncc1-c1ccc(C(C)(C)C)cc1.[Pt]. The standard InChI is InChI=1S/C66H58N4O.Pt/c1-44(2)37-48-38-63(67-42-58(48)47-29-31-49(32-30-47)65(3,4)5)70-59-36-33-50(66(6,7)8)39-57(59)56-35-34-53(41-62(56)70)71-52-24-17-23-51(40-52)68-43-69(61-28-16-15-27-60(61)68)64-54(45-19-11-9-12-20-45)25-18-26-55(64)46-21-13-10-14-22-46;/h9-36,38-39,42,44H,37H2,1-8H3;/q-2;. The number of hydrogen-bond donors (Lipinski definition) is 0. The maximum absolute atomic E-state index is 6.78. The third-order valence-corrected chi connectivity index (χ3v) is 13.6. The van der Waals surface area contributed by atoms with E-state index in [1.54, 1.807) is 0 Å². The van der Waals surface area contributed by atoms with Crippen LogP contribution in [0.4, 0.5) is 0 Å². The molecule has 0 saturated heterocycles. The summed E-state index contributed by atoms with van der Waals surface area (Å²) >= 11 is 0. The second-order valence-electron chi connectivity index (χ2n) is 21.2. The maximum atomic E-state index is 6.78. The number of rotatable bonds is 10. The van der Waals surface area contributed by atoms with E-state index >= 15 is 0 Å². The zero-order chi connectivity index (χ0) is 49.0. The van der Waals surface area contributed by atoms with Gasteiger partial charge < -0.3 is 13.9 Å². The van der Waals surface area contributed by atoms with E-state index in [2.05, 4.69) is 258 Å². The molecule has 8 aromatic carbocycles. The molecule has 72 heavy (non-hydrogen) atoms. The molecule has 0 bridgehead atoms. The van der Waals surface area contributed by atoms with Gasteiger partial charge in [-0.15, -0.1) is 29.7 Å². The van der Waals surface area contributed by atoms with Crippen molar-refractivity contribution in [2.24, 2.45) is 5.92 Å². The van der Waals surface area contributed by atoms with Gasteiger partial charge in [0, 0.05) is 49.8 Å². The summed E-state index contributed by atoms with van der Waals surface area (Å²) in [5, 5.41) is 2.25. The van der Waals surface area contributed by atoms with Crippen LogP contribution in [0.15, 0.2) is 188 Å². The van der Waals surface area contributed by atoms with Crippen LogP contribution in [-0.4, -0.2) is 14.1 Å². The normalized spacial score (nSPS) is 12.0. The number of pyridine rings is 1. The fourth-order valence-corrected chi connectivity index (χ4v) is 9.95. The van der Waals surface area contributed by atoms with Gasteiger partial charge in [-0.25, -0.2) is 4.98 Å². The molecule has 0 spiro atoms. The summed E-state index contributed by atoms with van der Waals surface area (Å²) in [5.74, 6) is 2.47. The van der Waals surface area contributed by atoms with Crippen molar-refractivity contribution in [2.75, 3.05) is 0 Å². The molecule has 11 aromatic rings. The van der Waals surface area contributed by atoms with Gasteiger partial charge in [0.1, 0.15) is 5.82 Å². The van der Waals surface area contributed by atoms with E-state index in [-0.39, 0.29) is 31.9 Å². The molecular weight excluding hydrogens is 1060 g/mol. The average Bonchev–Trinajstić information content (AvgIpc) is 3.92. The van der Waals surface area contributed by atoms with E-state index in [9.17, 15) is 0 Å². The Morgan fingerprint density at radius 1 is 0.556 bits per heavy atom. The Morgan fingerprint density at radius 2 is 1.17 bits per heavy atom. The molecule has 0 radical (unpaired) electrons. The molecule has 360 valence electrons. The van der Waals surface area contributed by atoms with Gasteiger partial charge in [-0.05, 0) is 90.9 Å². The summed E-state index contributed by atoms with van der Waals surface area (Å²) in [6.45, 7) is 18.1. The number of para-hydroxylation sites is 3. The Hall–Kier alpha value is -7.33. The van der Waals surface area contributed by atoms with Gasteiger partial charge >= 0.3 is 0 Å². The van der Waals surface area contributed by atoms with Gasteiger partial charge in [-0.1, -0.05) is 200 Å². The fourth-order valence-electron chi connectivity index (χ4n) is 9.95. The maximum Gasteiger partial charge on any atom is 0.268 e. The number of hydrogen-bond acceptors (Lipinski definition) is 2. The molecule has 0 unspecified atom stereocenters. The van der Waals surface area contributed by atoms with Crippen molar-refractivity contribution < 1.29 is 30.4 Å². The Bertz CT molecular complexity index is 3680.